The number of carbonyl (C=O) groups excluding carboxylic acids is 1. The Kier molecular flexibility index (Phi) is 6.91. The molecule has 1 aromatic carbocycles. The van der Waals surface area contributed by atoms with E-state index in [0.29, 0.717) is 25.2 Å². The minimum absolute atomic E-state index is 0.0621. The first-order valence-corrected chi connectivity index (χ1v) is 8.38. The number of carboxylic acids is 1. The van der Waals surface area contributed by atoms with Gasteiger partial charge in [0.25, 0.3) is 0 Å². The summed E-state index contributed by atoms with van der Waals surface area (Å²) < 4.78 is 5.46. The van der Waals surface area contributed by atoms with Crippen molar-refractivity contribution in [1.82, 2.24) is 0 Å². The Labute approximate surface area is 137 Å². The van der Waals surface area contributed by atoms with Crippen LogP contribution in [-0.2, 0) is 9.59 Å². The van der Waals surface area contributed by atoms with Crippen molar-refractivity contribution in [3.63, 3.8) is 0 Å². The van der Waals surface area contributed by atoms with E-state index < -0.39 is 5.97 Å². The van der Waals surface area contributed by atoms with Crippen molar-refractivity contribution in [1.29, 1.82) is 0 Å². The van der Waals surface area contributed by atoms with Crippen LogP contribution in [0.1, 0.15) is 51.4 Å². The van der Waals surface area contributed by atoms with Crippen molar-refractivity contribution in [2.45, 2.75) is 51.4 Å². The number of carbonyl (C=O) groups is 2. The first-order chi connectivity index (χ1) is 11.1. The fraction of sp³-hybridized carbons (Fsp3) is 0.556. The molecule has 1 aliphatic carbocycles. The van der Waals surface area contributed by atoms with Gasteiger partial charge in [-0.3, -0.25) is 9.59 Å². The number of hydrogen-bond acceptors (Lipinski definition) is 3. The minimum Gasteiger partial charge on any atom is -0.494 e. The molecule has 5 nitrogen and oxygen atoms in total. The maximum Gasteiger partial charge on any atom is 0.303 e. The van der Waals surface area contributed by atoms with E-state index in [1.165, 1.54) is 25.7 Å². The number of aliphatic carboxylic acids is 1. The van der Waals surface area contributed by atoms with E-state index in [1.807, 2.05) is 0 Å². The third-order valence-corrected chi connectivity index (χ3v) is 4.20. The first-order valence-electron chi connectivity index (χ1n) is 8.38. The molecule has 1 aliphatic rings. The summed E-state index contributed by atoms with van der Waals surface area (Å²) in [6.07, 6.45) is 7.29. The molecule has 0 aromatic heterocycles. The van der Waals surface area contributed by atoms with Gasteiger partial charge in [-0.1, -0.05) is 25.7 Å². The Morgan fingerprint density at radius 1 is 1.13 bits per heavy atom. The molecule has 2 rings (SSSR count). The van der Waals surface area contributed by atoms with Crippen molar-refractivity contribution >= 4 is 17.6 Å². The molecular formula is C18H25NO4. The summed E-state index contributed by atoms with van der Waals surface area (Å²) in [5, 5.41) is 11.5. The van der Waals surface area contributed by atoms with Crippen LogP contribution < -0.4 is 10.1 Å². The normalized spacial score (nSPS) is 14.6. The fourth-order valence-electron chi connectivity index (χ4n) is 2.91. The Balaban J connectivity index is 1.67. The standard InChI is InChI=1S/C18H25NO4/c20-17(12-7-14-4-1-2-5-14)19-15-8-10-16(11-9-15)23-13-3-6-18(21)22/h8-11,14H,1-7,12-13H2,(H,19,20)(H,21,22). The topological polar surface area (TPSA) is 75.6 Å². The highest BCUT2D eigenvalue weighted by Gasteiger charge is 2.16. The Hall–Kier alpha value is -2.04. The second-order valence-electron chi connectivity index (χ2n) is 6.11. The van der Waals surface area contributed by atoms with Crippen LogP contribution in [0, 0.1) is 5.92 Å². The van der Waals surface area contributed by atoms with Gasteiger partial charge in [0, 0.05) is 18.5 Å². The van der Waals surface area contributed by atoms with Gasteiger partial charge in [0.2, 0.25) is 5.91 Å². The predicted molar refractivity (Wildman–Crippen MR) is 88.6 cm³/mol. The lowest BCUT2D eigenvalue weighted by Gasteiger charge is -2.10. The second-order valence-corrected chi connectivity index (χ2v) is 6.11. The summed E-state index contributed by atoms with van der Waals surface area (Å²) in [7, 11) is 0. The summed E-state index contributed by atoms with van der Waals surface area (Å²) in [6, 6.07) is 7.18. The minimum atomic E-state index is -0.815. The van der Waals surface area contributed by atoms with Gasteiger partial charge in [-0.05, 0) is 43.0 Å². The summed E-state index contributed by atoms with van der Waals surface area (Å²) in [5.74, 6) is 0.651. The van der Waals surface area contributed by atoms with E-state index in [4.69, 9.17) is 9.84 Å². The third-order valence-electron chi connectivity index (χ3n) is 4.20. The van der Waals surface area contributed by atoms with E-state index in [1.54, 1.807) is 24.3 Å². The van der Waals surface area contributed by atoms with Crippen molar-refractivity contribution in [3.8, 4) is 5.75 Å². The monoisotopic (exact) mass is 319 g/mol. The zero-order valence-electron chi connectivity index (χ0n) is 13.4. The number of hydrogen-bond donors (Lipinski definition) is 2. The zero-order valence-corrected chi connectivity index (χ0v) is 13.4. The number of anilines is 1. The molecule has 0 aliphatic heterocycles. The van der Waals surface area contributed by atoms with Gasteiger partial charge in [0.05, 0.1) is 6.61 Å². The molecule has 0 saturated heterocycles. The van der Waals surface area contributed by atoms with E-state index in [0.717, 1.165) is 18.0 Å². The van der Waals surface area contributed by atoms with E-state index in [2.05, 4.69) is 5.32 Å². The lowest BCUT2D eigenvalue weighted by Crippen LogP contribution is -2.12. The van der Waals surface area contributed by atoms with Gasteiger partial charge in [0.1, 0.15) is 5.75 Å². The smallest absolute Gasteiger partial charge is 0.303 e. The molecule has 1 saturated carbocycles. The van der Waals surface area contributed by atoms with Crippen LogP contribution in [0.3, 0.4) is 0 Å². The van der Waals surface area contributed by atoms with Crippen LogP contribution in [0.15, 0.2) is 24.3 Å². The Bertz CT molecular complexity index is 506. The molecule has 0 atom stereocenters. The molecule has 0 bridgehead atoms. The molecule has 1 amide bonds. The number of carboxylic acid groups (broad SMARTS) is 1. The van der Waals surface area contributed by atoms with E-state index in [-0.39, 0.29) is 12.3 Å². The predicted octanol–water partition coefficient (Wildman–Crippen LogP) is 3.84. The molecule has 0 radical (unpaired) electrons. The summed E-state index contributed by atoms with van der Waals surface area (Å²) in [4.78, 5) is 22.3. The van der Waals surface area contributed by atoms with Crippen molar-refractivity contribution < 1.29 is 19.4 Å². The SMILES string of the molecule is O=C(O)CCCOc1ccc(NC(=O)CCC2CCCC2)cc1. The average molecular weight is 319 g/mol. The Morgan fingerprint density at radius 3 is 2.48 bits per heavy atom. The number of ether oxygens (including phenoxy) is 1. The fourth-order valence-corrected chi connectivity index (χ4v) is 2.91. The van der Waals surface area contributed by atoms with Gasteiger partial charge in [-0.15, -0.1) is 0 Å². The molecule has 126 valence electrons. The Morgan fingerprint density at radius 2 is 1.83 bits per heavy atom. The lowest BCUT2D eigenvalue weighted by molar-refractivity contribution is -0.137. The van der Waals surface area contributed by atoms with Gasteiger partial charge in [-0.25, -0.2) is 0 Å². The quantitative estimate of drug-likeness (QED) is 0.678. The van der Waals surface area contributed by atoms with Crippen LogP contribution >= 0.6 is 0 Å². The zero-order chi connectivity index (χ0) is 16.5. The second kappa shape index (κ2) is 9.18. The molecular weight excluding hydrogens is 294 g/mol. The molecule has 0 heterocycles. The lowest BCUT2D eigenvalue weighted by atomic mass is 10.0. The molecule has 23 heavy (non-hydrogen) atoms. The number of benzene rings is 1. The first kappa shape index (κ1) is 17.3. The maximum atomic E-state index is 11.9. The van der Waals surface area contributed by atoms with Crippen LogP contribution in [0.25, 0.3) is 0 Å². The molecule has 0 unspecified atom stereocenters. The summed E-state index contributed by atoms with van der Waals surface area (Å²) >= 11 is 0. The third kappa shape index (κ3) is 6.72. The van der Waals surface area contributed by atoms with Crippen molar-refractivity contribution in [2.75, 3.05) is 11.9 Å². The molecule has 0 spiro atoms. The van der Waals surface area contributed by atoms with Crippen molar-refractivity contribution in [2.24, 2.45) is 5.92 Å². The highest BCUT2D eigenvalue weighted by Crippen LogP contribution is 2.28. The van der Waals surface area contributed by atoms with Gasteiger partial charge < -0.3 is 15.2 Å². The summed E-state index contributed by atoms with van der Waals surface area (Å²) in [5.41, 5.74) is 0.763. The summed E-state index contributed by atoms with van der Waals surface area (Å²) in [6.45, 7) is 0.374. The van der Waals surface area contributed by atoms with Crippen LogP contribution in [0.2, 0.25) is 0 Å². The molecule has 1 fully saturated rings. The van der Waals surface area contributed by atoms with E-state index in [9.17, 15) is 9.59 Å². The highest BCUT2D eigenvalue weighted by atomic mass is 16.5. The maximum absolute atomic E-state index is 11.9. The van der Waals surface area contributed by atoms with Crippen LogP contribution in [0.5, 0.6) is 5.75 Å². The number of nitrogens with one attached hydrogen (secondary N) is 1. The van der Waals surface area contributed by atoms with E-state index >= 15 is 0 Å². The van der Waals surface area contributed by atoms with Crippen LogP contribution in [0.4, 0.5) is 5.69 Å². The number of amides is 1. The number of rotatable bonds is 9. The van der Waals surface area contributed by atoms with Gasteiger partial charge >= 0.3 is 5.97 Å². The van der Waals surface area contributed by atoms with Crippen LogP contribution in [-0.4, -0.2) is 23.6 Å². The molecule has 2 N–H and O–H groups in total. The van der Waals surface area contributed by atoms with Gasteiger partial charge in [0.15, 0.2) is 0 Å². The highest BCUT2D eigenvalue weighted by molar-refractivity contribution is 5.90. The molecule has 5 heteroatoms. The van der Waals surface area contributed by atoms with Gasteiger partial charge in [-0.2, -0.15) is 0 Å². The largest absolute Gasteiger partial charge is 0.494 e. The van der Waals surface area contributed by atoms with Crippen molar-refractivity contribution in [3.05, 3.63) is 24.3 Å². The molecule has 1 aromatic rings. The average Bonchev–Trinajstić information content (AvgIpc) is 3.04.